The van der Waals surface area contributed by atoms with Crippen molar-refractivity contribution in [1.82, 2.24) is 10.8 Å². The van der Waals surface area contributed by atoms with Gasteiger partial charge < -0.3 is 15.3 Å². The van der Waals surface area contributed by atoms with Gasteiger partial charge in [-0.1, -0.05) is 0 Å². The molecule has 6 nitrogen and oxygen atoms in total. The highest BCUT2D eigenvalue weighted by molar-refractivity contribution is 6.01. The highest BCUT2D eigenvalue weighted by Gasteiger charge is 2.37. The second-order valence-corrected chi connectivity index (χ2v) is 4.27. The zero-order valence-electron chi connectivity index (χ0n) is 10.2. The summed E-state index contributed by atoms with van der Waals surface area (Å²) in [6.07, 6.45) is -0.869. The first-order valence-corrected chi connectivity index (χ1v) is 5.86. The summed E-state index contributed by atoms with van der Waals surface area (Å²) in [5.74, 6) is -5.09. The molecule has 8 heteroatoms. The van der Waals surface area contributed by atoms with Crippen molar-refractivity contribution in [2.45, 2.75) is 12.5 Å². The Morgan fingerprint density at radius 2 is 2.15 bits per heavy atom. The molecule has 2 rings (SSSR count). The molecular weight excluding hydrogens is 274 g/mol. The van der Waals surface area contributed by atoms with E-state index in [9.17, 15) is 23.5 Å². The molecule has 1 aromatic carbocycles. The average molecular weight is 286 g/mol. The van der Waals surface area contributed by atoms with Crippen molar-refractivity contribution in [1.29, 1.82) is 0 Å². The first-order chi connectivity index (χ1) is 9.49. The number of aliphatic hydroxyl groups excluding tert-OH is 1. The minimum absolute atomic E-state index is 0.136. The molecule has 0 aromatic heterocycles. The molecule has 1 saturated heterocycles. The first kappa shape index (κ1) is 14.2. The molecule has 0 saturated carbocycles. The average Bonchev–Trinajstić information content (AvgIpc) is 2.40. The quantitative estimate of drug-likeness (QED) is 0.533. The Kier molecular flexibility index (Phi) is 4.14. The highest BCUT2D eigenvalue weighted by atomic mass is 19.2. The van der Waals surface area contributed by atoms with Crippen molar-refractivity contribution >= 4 is 11.8 Å². The number of carbonyl (C=O) groups excluding carboxylic acids is 2. The van der Waals surface area contributed by atoms with Crippen LogP contribution >= 0.6 is 0 Å². The zero-order chi connectivity index (χ0) is 14.7. The normalized spacial score (nSPS) is 22.1. The maximum Gasteiger partial charge on any atom is 0.267 e. The van der Waals surface area contributed by atoms with Crippen LogP contribution in [0.4, 0.5) is 8.78 Å². The molecule has 1 aromatic rings. The van der Waals surface area contributed by atoms with E-state index in [0.717, 1.165) is 18.2 Å². The van der Waals surface area contributed by atoms with Crippen LogP contribution < -0.4 is 15.6 Å². The molecule has 1 fully saturated rings. The second kappa shape index (κ2) is 5.83. The maximum atomic E-state index is 12.9. The van der Waals surface area contributed by atoms with Crippen molar-refractivity contribution in [3.63, 3.8) is 0 Å². The number of hydroxylamine groups is 1. The van der Waals surface area contributed by atoms with E-state index in [1.54, 1.807) is 0 Å². The molecule has 1 aliphatic rings. The van der Waals surface area contributed by atoms with Gasteiger partial charge in [0.1, 0.15) is 5.92 Å². The van der Waals surface area contributed by atoms with Gasteiger partial charge in [0.15, 0.2) is 17.4 Å². The molecule has 1 heterocycles. The molecular formula is C12H12F2N2O4. The number of halogens is 2. The Labute approximate surface area is 112 Å². The fraction of sp³-hybridized carbons (Fsp3) is 0.333. The third-order valence-corrected chi connectivity index (χ3v) is 2.85. The summed E-state index contributed by atoms with van der Waals surface area (Å²) in [4.78, 5) is 27.9. The molecule has 1 aliphatic heterocycles. The van der Waals surface area contributed by atoms with E-state index >= 15 is 0 Å². The largest absolute Gasteiger partial charge is 0.392 e. The third kappa shape index (κ3) is 3.02. The van der Waals surface area contributed by atoms with E-state index in [1.807, 2.05) is 5.48 Å². The minimum Gasteiger partial charge on any atom is -0.392 e. The van der Waals surface area contributed by atoms with Gasteiger partial charge in [-0.3, -0.25) is 9.59 Å². The fourth-order valence-electron chi connectivity index (χ4n) is 1.80. The molecule has 2 amide bonds. The molecule has 0 aliphatic carbocycles. The van der Waals surface area contributed by atoms with Gasteiger partial charge in [-0.15, -0.1) is 0 Å². The van der Waals surface area contributed by atoms with Crippen molar-refractivity contribution in [2.75, 3.05) is 6.54 Å². The molecule has 3 N–H and O–H groups in total. The summed E-state index contributed by atoms with van der Waals surface area (Å²) in [6, 6.07) is 2.68. The van der Waals surface area contributed by atoms with Crippen LogP contribution in [0.1, 0.15) is 6.42 Å². The van der Waals surface area contributed by atoms with Crippen molar-refractivity contribution in [2.24, 2.45) is 5.92 Å². The topological polar surface area (TPSA) is 87.7 Å². The summed E-state index contributed by atoms with van der Waals surface area (Å²) in [6.45, 7) is 0.286. The summed E-state index contributed by atoms with van der Waals surface area (Å²) in [7, 11) is 0. The van der Waals surface area contributed by atoms with E-state index in [-0.39, 0.29) is 18.7 Å². The minimum atomic E-state index is -1.30. The van der Waals surface area contributed by atoms with E-state index in [2.05, 4.69) is 5.32 Å². The fourth-order valence-corrected chi connectivity index (χ4v) is 1.80. The van der Waals surface area contributed by atoms with Gasteiger partial charge in [0.2, 0.25) is 5.91 Å². The molecule has 2 unspecified atom stereocenters. The number of carbonyl (C=O) groups is 2. The lowest BCUT2D eigenvalue weighted by atomic mass is 9.95. The van der Waals surface area contributed by atoms with Crippen LogP contribution in [-0.2, 0) is 9.59 Å². The Morgan fingerprint density at radius 1 is 1.40 bits per heavy atom. The highest BCUT2D eigenvalue weighted by Crippen LogP contribution is 2.16. The lowest BCUT2D eigenvalue weighted by Gasteiger charge is -2.25. The van der Waals surface area contributed by atoms with Crippen LogP contribution in [0.3, 0.4) is 0 Å². The molecule has 2 atom stereocenters. The van der Waals surface area contributed by atoms with Crippen molar-refractivity contribution < 1.29 is 28.3 Å². The lowest BCUT2D eigenvalue weighted by molar-refractivity contribution is -0.146. The smallest absolute Gasteiger partial charge is 0.267 e. The summed E-state index contributed by atoms with van der Waals surface area (Å²) in [5.41, 5.74) is 1.93. The summed E-state index contributed by atoms with van der Waals surface area (Å²) >= 11 is 0. The monoisotopic (exact) mass is 286 g/mol. The second-order valence-electron chi connectivity index (χ2n) is 4.27. The van der Waals surface area contributed by atoms with E-state index < -0.39 is 35.5 Å². The van der Waals surface area contributed by atoms with Gasteiger partial charge in [-0.05, 0) is 18.6 Å². The molecule has 0 spiro atoms. The number of hydrogen-bond acceptors (Lipinski definition) is 4. The van der Waals surface area contributed by atoms with Gasteiger partial charge in [-0.25, -0.2) is 8.78 Å². The molecule has 0 radical (unpaired) electrons. The predicted octanol–water partition coefficient (Wildman–Crippen LogP) is -0.128. The van der Waals surface area contributed by atoms with Crippen LogP contribution in [0, 0.1) is 17.6 Å². The van der Waals surface area contributed by atoms with Gasteiger partial charge >= 0.3 is 0 Å². The van der Waals surface area contributed by atoms with E-state index in [1.165, 1.54) is 0 Å². The SMILES string of the molecule is O=C1NCCC(O)C1C(=O)NOc1ccc(F)c(F)c1. The Morgan fingerprint density at radius 3 is 2.80 bits per heavy atom. The number of piperidine rings is 1. The van der Waals surface area contributed by atoms with Crippen LogP contribution in [0.25, 0.3) is 0 Å². The van der Waals surface area contributed by atoms with Gasteiger partial charge in [0, 0.05) is 12.6 Å². The first-order valence-electron chi connectivity index (χ1n) is 5.86. The lowest BCUT2D eigenvalue weighted by Crippen LogP contribution is -2.52. The van der Waals surface area contributed by atoms with Gasteiger partial charge in [0.25, 0.3) is 5.91 Å². The zero-order valence-corrected chi connectivity index (χ0v) is 10.2. The van der Waals surface area contributed by atoms with Crippen LogP contribution in [0.2, 0.25) is 0 Å². The van der Waals surface area contributed by atoms with Gasteiger partial charge in [0.05, 0.1) is 6.10 Å². The number of benzene rings is 1. The Hall–Kier alpha value is -2.22. The standard InChI is InChI=1S/C12H12F2N2O4/c13-7-2-1-6(5-8(7)14)20-16-12(19)10-9(17)3-4-15-11(10)18/h1-2,5,9-10,17H,3-4H2,(H,15,18)(H,16,19). The number of hydrogen-bond donors (Lipinski definition) is 3. The Bertz CT molecular complexity index is 538. The van der Waals surface area contributed by atoms with Gasteiger partial charge in [-0.2, -0.15) is 5.48 Å². The Balaban J connectivity index is 1.97. The van der Waals surface area contributed by atoms with Crippen molar-refractivity contribution in [3.8, 4) is 5.75 Å². The van der Waals surface area contributed by atoms with Crippen molar-refractivity contribution in [3.05, 3.63) is 29.8 Å². The van der Waals surface area contributed by atoms with E-state index in [0.29, 0.717) is 0 Å². The molecule has 108 valence electrons. The number of aliphatic hydroxyl groups is 1. The molecule has 20 heavy (non-hydrogen) atoms. The number of nitrogens with one attached hydrogen (secondary N) is 2. The number of amides is 2. The van der Waals surface area contributed by atoms with Crippen LogP contribution in [0.15, 0.2) is 18.2 Å². The third-order valence-electron chi connectivity index (χ3n) is 2.85. The molecule has 0 bridgehead atoms. The van der Waals surface area contributed by atoms with Crippen LogP contribution in [-0.4, -0.2) is 29.6 Å². The predicted molar refractivity (Wildman–Crippen MR) is 62.3 cm³/mol. The summed E-state index contributed by atoms with van der Waals surface area (Å²) in [5, 5.41) is 12.0. The van der Waals surface area contributed by atoms with Crippen LogP contribution in [0.5, 0.6) is 5.75 Å². The summed E-state index contributed by atoms with van der Waals surface area (Å²) < 4.78 is 25.6. The number of rotatable bonds is 3. The maximum absolute atomic E-state index is 12.9. The van der Waals surface area contributed by atoms with E-state index in [4.69, 9.17) is 4.84 Å².